The van der Waals surface area contributed by atoms with Crippen LogP contribution in [0.25, 0.3) is 0 Å². The summed E-state index contributed by atoms with van der Waals surface area (Å²) in [6.07, 6.45) is 2.71. The Balaban J connectivity index is 2.21. The lowest BCUT2D eigenvalue weighted by Crippen LogP contribution is -2.13. The van der Waals surface area contributed by atoms with Gasteiger partial charge in [-0.15, -0.1) is 11.7 Å². The number of hydrogen-bond acceptors (Lipinski definition) is 5. The Hall–Kier alpha value is -1.49. The lowest BCUT2D eigenvalue weighted by Gasteiger charge is -2.05. The number of nitrogens with zero attached hydrogens (tertiary/aromatic N) is 3. The summed E-state index contributed by atoms with van der Waals surface area (Å²) in [6.45, 7) is 9.44. The van der Waals surface area contributed by atoms with E-state index in [4.69, 9.17) is 4.74 Å². The first-order valence-corrected chi connectivity index (χ1v) is 5.34. The number of aromatic nitrogens is 3. The van der Waals surface area contributed by atoms with Crippen molar-refractivity contribution in [2.45, 2.75) is 20.3 Å². The zero-order valence-corrected chi connectivity index (χ0v) is 9.86. The van der Waals surface area contributed by atoms with E-state index in [1.807, 2.05) is 19.9 Å². The van der Waals surface area contributed by atoms with Gasteiger partial charge in [-0.1, -0.05) is 6.08 Å². The van der Waals surface area contributed by atoms with Crippen LogP contribution in [0.3, 0.4) is 0 Å². The second-order valence-electron chi connectivity index (χ2n) is 3.42. The van der Waals surface area contributed by atoms with Crippen molar-refractivity contribution in [1.82, 2.24) is 15.2 Å². The van der Waals surface area contributed by atoms with Crippen LogP contribution < -0.4 is 5.32 Å². The highest BCUT2D eigenvalue weighted by Crippen LogP contribution is 2.01. The number of anilines is 1. The molecule has 0 aromatic carbocycles. The van der Waals surface area contributed by atoms with Gasteiger partial charge in [0.1, 0.15) is 0 Å². The van der Waals surface area contributed by atoms with Gasteiger partial charge < -0.3 is 10.1 Å². The summed E-state index contributed by atoms with van der Waals surface area (Å²) in [4.78, 5) is 4.25. The molecule has 0 atom stereocenters. The monoisotopic (exact) mass is 222 g/mol. The fraction of sp³-hybridized carbons (Fsp3) is 0.545. The highest BCUT2D eigenvalue weighted by Gasteiger charge is 1.99. The molecule has 88 valence electrons. The van der Waals surface area contributed by atoms with Gasteiger partial charge in [0.05, 0.1) is 24.6 Å². The van der Waals surface area contributed by atoms with Gasteiger partial charge in [0.25, 0.3) is 0 Å². The molecule has 1 aromatic heterocycles. The summed E-state index contributed by atoms with van der Waals surface area (Å²) in [5.41, 5.74) is 1.75. The van der Waals surface area contributed by atoms with E-state index in [9.17, 15) is 0 Å². The van der Waals surface area contributed by atoms with Gasteiger partial charge in [0.2, 0.25) is 5.95 Å². The van der Waals surface area contributed by atoms with E-state index in [0.717, 1.165) is 17.8 Å². The Morgan fingerprint density at radius 2 is 2.06 bits per heavy atom. The smallest absolute Gasteiger partial charge is 0.243 e. The number of hydrogen-bond donors (Lipinski definition) is 1. The lowest BCUT2D eigenvalue weighted by atomic mass is 10.4. The minimum absolute atomic E-state index is 0.551. The van der Waals surface area contributed by atoms with Crippen LogP contribution in [0, 0.1) is 13.8 Å². The largest absolute Gasteiger partial charge is 0.379 e. The summed E-state index contributed by atoms with van der Waals surface area (Å²) in [5, 5.41) is 11.0. The van der Waals surface area contributed by atoms with Crippen LogP contribution in [0.1, 0.15) is 17.8 Å². The molecule has 0 radical (unpaired) electrons. The molecule has 0 saturated heterocycles. The third-order valence-corrected chi connectivity index (χ3v) is 2.09. The molecule has 1 rings (SSSR count). The quantitative estimate of drug-likeness (QED) is 0.559. The van der Waals surface area contributed by atoms with Crippen LogP contribution in [0.15, 0.2) is 12.7 Å². The zero-order valence-electron chi connectivity index (χ0n) is 9.86. The number of ether oxygens (including phenoxy) is 1. The first kappa shape index (κ1) is 12.6. The van der Waals surface area contributed by atoms with Gasteiger partial charge in [-0.2, -0.15) is 5.10 Å². The van der Waals surface area contributed by atoms with Crippen LogP contribution in [0.4, 0.5) is 5.95 Å². The molecule has 16 heavy (non-hydrogen) atoms. The highest BCUT2D eigenvalue weighted by molar-refractivity contribution is 5.24. The maximum absolute atomic E-state index is 5.34. The molecular weight excluding hydrogens is 204 g/mol. The molecule has 5 heteroatoms. The molecule has 0 aliphatic rings. The lowest BCUT2D eigenvalue weighted by molar-refractivity contribution is 0.148. The fourth-order valence-corrected chi connectivity index (χ4v) is 1.04. The molecule has 5 nitrogen and oxygen atoms in total. The van der Waals surface area contributed by atoms with Crippen molar-refractivity contribution in [2.24, 2.45) is 0 Å². The first-order chi connectivity index (χ1) is 7.74. The van der Waals surface area contributed by atoms with E-state index in [2.05, 4.69) is 27.1 Å². The predicted octanol–water partition coefficient (Wildman–Crippen LogP) is 1.49. The van der Waals surface area contributed by atoms with Gasteiger partial charge in [-0.05, 0) is 20.3 Å². The first-order valence-electron chi connectivity index (χ1n) is 5.34. The molecule has 1 heterocycles. The van der Waals surface area contributed by atoms with E-state index in [1.54, 1.807) is 0 Å². The van der Waals surface area contributed by atoms with E-state index in [0.29, 0.717) is 25.7 Å². The molecule has 1 aromatic rings. The molecule has 0 spiro atoms. The third-order valence-electron chi connectivity index (χ3n) is 2.09. The molecule has 0 aliphatic heterocycles. The highest BCUT2D eigenvalue weighted by atomic mass is 16.5. The standard InChI is InChI=1S/C11H18N4O/c1-4-5-7-16-8-6-12-11-13-9(2)10(3)14-15-11/h4H,1,5-8H2,2-3H3,(H,12,13,15). The number of rotatable bonds is 7. The second kappa shape index (κ2) is 6.90. The fourth-order valence-electron chi connectivity index (χ4n) is 1.04. The van der Waals surface area contributed by atoms with Gasteiger partial charge in [0.15, 0.2) is 0 Å². The van der Waals surface area contributed by atoms with Crippen LogP contribution in [0.2, 0.25) is 0 Å². The van der Waals surface area contributed by atoms with Crippen molar-refractivity contribution >= 4 is 5.95 Å². The average molecular weight is 222 g/mol. The van der Waals surface area contributed by atoms with E-state index in [-0.39, 0.29) is 0 Å². The normalized spacial score (nSPS) is 10.1. The molecule has 0 bridgehead atoms. The molecule has 0 aliphatic carbocycles. The summed E-state index contributed by atoms with van der Waals surface area (Å²) in [5.74, 6) is 0.551. The summed E-state index contributed by atoms with van der Waals surface area (Å²) in [6, 6.07) is 0. The zero-order chi connectivity index (χ0) is 11.8. The molecule has 0 unspecified atom stereocenters. The third kappa shape index (κ3) is 4.35. The SMILES string of the molecule is C=CCCOCCNc1nnc(C)c(C)n1. The minimum Gasteiger partial charge on any atom is -0.379 e. The maximum Gasteiger partial charge on any atom is 0.243 e. The van der Waals surface area contributed by atoms with Gasteiger partial charge in [-0.3, -0.25) is 0 Å². The summed E-state index contributed by atoms with van der Waals surface area (Å²) in [7, 11) is 0. The molecule has 0 amide bonds. The summed E-state index contributed by atoms with van der Waals surface area (Å²) >= 11 is 0. The minimum atomic E-state index is 0.551. The van der Waals surface area contributed by atoms with E-state index in [1.165, 1.54) is 0 Å². The van der Waals surface area contributed by atoms with E-state index < -0.39 is 0 Å². The van der Waals surface area contributed by atoms with Crippen molar-refractivity contribution in [1.29, 1.82) is 0 Å². The number of nitrogens with one attached hydrogen (secondary N) is 1. The van der Waals surface area contributed by atoms with Crippen LogP contribution in [-0.4, -0.2) is 34.9 Å². The van der Waals surface area contributed by atoms with Crippen molar-refractivity contribution in [3.8, 4) is 0 Å². The molecule has 0 fully saturated rings. The topological polar surface area (TPSA) is 59.9 Å². The molecule has 1 N–H and O–H groups in total. The Kier molecular flexibility index (Phi) is 5.42. The van der Waals surface area contributed by atoms with Gasteiger partial charge in [-0.25, -0.2) is 4.98 Å². The van der Waals surface area contributed by atoms with Gasteiger partial charge >= 0.3 is 0 Å². The second-order valence-corrected chi connectivity index (χ2v) is 3.42. The van der Waals surface area contributed by atoms with Crippen molar-refractivity contribution in [2.75, 3.05) is 25.1 Å². The van der Waals surface area contributed by atoms with Crippen LogP contribution >= 0.6 is 0 Å². The molecule has 0 saturated carbocycles. The Morgan fingerprint density at radius 1 is 1.25 bits per heavy atom. The Bertz CT molecular complexity index is 341. The Labute approximate surface area is 96.0 Å². The number of aryl methyl sites for hydroxylation is 2. The Morgan fingerprint density at radius 3 is 2.75 bits per heavy atom. The maximum atomic E-state index is 5.34. The predicted molar refractivity (Wildman–Crippen MR) is 63.4 cm³/mol. The van der Waals surface area contributed by atoms with Crippen molar-refractivity contribution in [3.63, 3.8) is 0 Å². The molecular formula is C11H18N4O. The van der Waals surface area contributed by atoms with Crippen molar-refractivity contribution in [3.05, 3.63) is 24.0 Å². The van der Waals surface area contributed by atoms with Crippen LogP contribution in [0.5, 0.6) is 0 Å². The summed E-state index contributed by atoms with van der Waals surface area (Å²) < 4.78 is 5.34. The van der Waals surface area contributed by atoms with E-state index >= 15 is 0 Å². The van der Waals surface area contributed by atoms with Crippen molar-refractivity contribution < 1.29 is 4.74 Å². The van der Waals surface area contributed by atoms with Gasteiger partial charge in [0, 0.05) is 6.54 Å². The average Bonchev–Trinajstić information content (AvgIpc) is 2.28. The van der Waals surface area contributed by atoms with Crippen LogP contribution in [-0.2, 0) is 4.74 Å².